The van der Waals surface area contributed by atoms with E-state index in [1.165, 1.54) is 11.0 Å². The second-order valence-corrected chi connectivity index (χ2v) is 6.64. The van der Waals surface area contributed by atoms with Gasteiger partial charge in [-0.3, -0.25) is 14.4 Å². The standard InChI is InChI=1S/C20H21ClN2O3/c1-13-4-6-14(7-5-13)18(24)10-11-19(25)22-15-8-9-17(21)16(12-15)20(26)23(2)3/h4-9,12H,10-11H2,1-3H3,(H,22,25). The molecule has 0 atom stereocenters. The summed E-state index contributed by atoms with van der Waals surface area (Å²) in [6.45, 7) is 1.95. The van der Waals surface area contributed by atoms with Crippen molar-refractivity contribution in [3.05, 3.63) is 64.2 Å². The van der Waals surface area contributed by atoms with Gasteiger partial charge in [-0.25, -0.2) is 0 Å². The molecule has 26 heavy (non-hydrogen) atoms. The van der Waals surface area contributed by atoms with Gasteiger partial charge in [0.15, 0.2) is 5.78 Å². The first-order valence-electron chi connectivity index (χ1n) is 8.19. The van der Waals surface area contributed by atoms with E-state index >= 15 is 0 Å². The summed E-state index contributed by atoms with van der Waals surface area (Å²) in [5.41, 5.74) is 2.44. The largest absolute Gasteiger partial charge is 0.345 e. The van der Waals surface area contributed by atoms with Crippen molar-refractivity contribution in [1.82, 2.24) is 4.90 Å². The van der Waals surface area contributed by atoms with Crippen LogP contribution in [0, 0.1) is 6.92 Å². The van der Waals surface area contributed by atoms with Crippen molar-refractivity contribution in [3.8, 4) is 0 Å². The summed E-state index contributed by atoms with van der Waals surface area (Å²) in [5.74, 6) is -0.628. The maximum absolute atomic E-state index is 12.1. The SMILES string of the molecule is Cc1ccc(C(=O)CCC(=O)Nc2ccc(Cl)c(C(=O)N(C)C)c2)cc1. The highest BCUT2D eigenvalue weighted by Gasteiger charge is 2.14. The predicted octanol–water partition coefficient (Wildman–Crippen LogP) is 3.95. The molecule has 2 amide bonds. The lowest BCUT2D eigenvalue weighted by molar-refractivity contribution is -0.116. The second-order valence-electron chi connectivity index (χ2n) is 6.23. The minimum absolute atomic E-state index is 0.0618. The van der Waals surface area contributed by atoms with E-state index in [4.69, 9.17) is 11.6 Å². The third kappa shape index (κ3) is 5.17. The molecule has 0 aliphatic heterocycles. The smallest absolute Gasteiger partial charge is 0.254 e. The second kappa shape index (κ2) is 8.63. The van der Waals surface area contributed by atoms with Crippen LogP contribution in [0.15, 0.2) is 42.5 Å². The Labute approximate surface area is 158 Å². The van der Waals surface area contributed by atoms with Crippen LogP contribution in [0.25, 0.3) is 0 Å². The lowest BCUT2D eigenvalue weighted by Gasteiger charge is -2.13. The van der Waals surface area contributed by atoms with E-state index < -0.39 is 0 Å². The number of hydrogen-bond acceptors (Lipinski definition) is 3. The molecule has 1 N–H and O–H groups in total. The number of amides is 2. The number of aryl methyl sites for hydroxylation is 1. The zero-order valence-corrected chi connectivity index (χ0v) is 15.8. The fourth-order valence-electron chi connectivity index (χ4n) is 2.34. The van der Waals surface area contributed by atoms with E-state index in [0.29, 0.717) is 21.8 Å². The molecule has 0 fully saturated rings. The van der Waals surface area contributed by atoms with E-state index in [2.05, 4.69) is 5.32 Å². The van der Waals surface area contributed by atoms with Crippen LogP contribution in [-0.2, 0) is 4.79 Å². The lowest BCUT2D eigenvalue weighted by atomic mass is 10.0. The number of halogens is 1. The molecule has 6 heteroatoms. The molecule has 0 aliphatic rings. The van der Waals surface area contributed by atoms with Crippen LogP contribution in [-0.4, -0.2) is 36.6 Å². The molecule has 0 heterocycles. The molecule has 2 aromatic carbocycles. The predicted molar refractivity (Wildman–Crippen MR) is 103 cm³/mol. The third-order valence-electron chi connectivity index (χ3n) is 3.84. The molecular weight excluding hydrogens is 352 g/mol. The minimum Gasteiger partial charge on any atom is -0.345 e. The number of hydrogen-bond donors (Lipinski definition) is 1. The van der Waals surface area contributed by atoms with Crippen molar-refractivity contribution in [2.24, 2.45) is 0 Å². The summed E-state index contributed by atoms with van der Waals surface area (Å²) in [4.78, 5) is 37.7. The number of nitrogens with one attached hydrogen (secondary N) is 1. The van der Waals surface area contributed by atoms with Crippen LogP contribution >= 0.6 is 11.6 Å². The van der Waals surface area contributed by atoms with Crippen LogP contribution in [0.2, 0.25) is 5.02 Å². The number of carbonyl (C=O) groups excluding carboxylic acids is 3. The highest BCUT2D eigenvalue weighted by atomic mass is 35.5. The van der Waals surface area contributed by atoms with Crippen molar-refractivity contribution < 1.29 is 14.4 Å². The molecule has 0 unspecified atom stereocenters. The first-order chi connectivity index (χ1) is 12.3. The van der Waals surface area contributed by atoms with Gasteiger partial charge in [0, 0.05) is 38.2 Å². The molecule has 2 aromatic rings. The topological polar surface area (TPSA) is 66.5 Å². The summed E-state index contributed by atoms with van der Waals surface area (Å²) >= 11 is 6.05. The van der Waals surface area contributed by atoms with Crippen molar-refractivity contribution >= 4 is 34.9 Å². The summed E-state index contributed by atoms with van der Waals surface area (Å²) < 4.78 is 0. The maximum Gasteiger partial charge on any atom is 0.254 e. The van der Waals surface area contributed by atoms with Gasteiger partial charge in [-0.2, -0.15) is 0 Å². The van der Waals surface area contributed by atoms with Gasteiger partial charge < -0.3 is 10.2 Å². The first-order valence-corrected chi connectivity index (χ1v) is 8.56. The summed E-state index contributed by atoms with van der Waals surface area (Å²) in [6, 6.07) is 12.0. The van der Waals surface area contributed by atoms with Gasteiger partial charge in [-0.1, -0.05) is 41.4 Å². The Morgan fingerprint density at radius 2 is 1.65 bits per heavy atom. The van der Waals surface area contributed by atoms with E-state index in [9.17, 15) is 14.4 Å². The number of anilines is 1. The fraction of sp³-hybridized carbons (Fsp3) is 0.250. The van der Waals surface area contributed by atoms with E-state index in [0.717, 1.165) is 5.56 Å². The normalized spacial score (nSPS) is 10.3. The van der Waals surface area contributed by atoms with Gasteiger partial charge in [0.2, 0.25) is 5.91 Å². The summed E-state index contributed by atoms with van der Waals surface area (Å²) in [6.07, 6.45) is 0.179. The molecule has 136 valence electrons. The van der Waals surface area contributed by atoms with E-state index in [-0.39, 0.29) is 30.4 Å². The van der Waals surface area contributed by atoms with Crippen LogP contribution < -0.4 is 5.32 Å². The van der Waals surface area contributed by atoms with Crippen LogP contribution in [0.5, 0.6) is 0 Å². The Kier molecular flexibility index (Phi) is 6.52. The number of rotatable bonds is 6. The highest BCUT2D eigenvalue weighted by molar-refractivity contribution is 6.34. The molecule has 0 bridgehead atoms. The van der Waals surface area contributed by atoms with E-state index in [1.807, 2.05) is 19.1 Å². The van der Waals surface area contributed by atoms with Gasteiger partial charge in [-0.15, -0.1) is 0 Å². The molecule has 0 spiro atoms. The molecule has 0 saturated heterocycles. The van der Waals surface area contributed by atoms with Crippen molar-refractivity contribution in [2.75, 3.05) is 19.4 Å². The Bertz CT molecular complexity index is 829. The monoisotopic (exact) mass is 372 g/mol. The molecule has 0 saturated carbocycles. The maximum atomic E-state index is 12.1. The quantitative estimate of drug-likeness (QED) is 0.780. The number of ketones is 1. The molecule has 5 nitrogen and oxygen atoms in total. The first kappa shape index (κ1) is 19.7. The molecule has 0 aliphatic carbocycles. The Morgan fingerprint density at radius 1 is 1.00 bits per heavy atom. The number of carbonyl (C=O) groups is 3. The molecule has 0 radical (unpaired) electrons. The fourth-order valence-corrected chi connectivity index (χ4v) is 2.54. The number of Topliss-reactive ketones (excluding diaryl/α,β-unsaturated/α-hetero) is 1. The highest BCUT2D eigenvalue weighted by Crippen LogP contribution is 2.22. The Morgan fingerprint density at radius 3 is 2.27 bits per heavy atom. The zero-order valence-electron chi connectivity index (χ0n) is 15.0. The molecule has 2 rings (SSSR count). The van der Waals surface area contributed by atoms with Gasteiger partial charge in [0.25, 0.3) is 5.91 Å². The minimum atomic E-state index is -0.295. The van der Waals surface area contributed by atoms with Gasteiger partial charge in [0.1, 0.15) is 0 Å². The van der Waals surface area contributed by atoms with Gasteiger partial charge >= 0.3 is 0 Å². The van der Waals surface area contributed by atoms with E-state index in [1.54, 1.807) is 38.4 Å². The Balaban J connectivity index is 1.97. The average molecular weight is 373 g/mol. The van der Waals surface area contributed by atoms with Crippen LogP contribution in [0.3, 0.4) is 0 Å². The lowest BCUT2D eigenvalue weighted by Crippen LogP contribution is -2.22. The van der Waals surface area contributed by atoms with Crippen LogP contribution in [0.1, 0.15) is 39.1 Å². The Hall–Kier alpha value is -2.66. The molecule has 0 aromatic heterocycles. The number of benzene rings is 2. The van der Waals surface area contributed by atoms with Gasteiger partial charge in [-0.05, 0) is 25.1 Å². The number of nitrogens with zero attached hydrogens (tertiary/aromatic N) is 1. The van der Waals surface area contributed by atoms with Crippen molar-refractivity contribution in [1.29, 1.82) is 0 Å². The van der Waals surface area contributed by atoms with Crippen molar-refractivity contribution in [2.45, 2.75) is 19.8 Å². The summed E-state index contributed by atoms with van der Waals surface area (Å²) in [5, 5.41) is 3.01. The van der Waals surface area contributed by atoms with Gasteiger partial charge in [0.05, 0.1) is 10.6 Å². The zero-order chi connectivity index (χ0) is 19.3. The van der Waals surface area contributed by atoms with Crippen LogP contribution in [0.4, 0.5) is 5.69 Å². The van der Waals surface area contributed by atoms with Crippen molar-refractivity contribution in [3.63, 3.8) is 0 Å². The third-order valence-corrected chi connectivity index (χ3v) is 4.17. The average Bonchev–Trinajstić information content (AvgIpc) is 2.61. The molecular formula is C20H21ClN2O3. The summed E-state index contributed by atoms with van der Waals surface area (Å²) in [7, 11) is 3.25.